The van der Waals surface area contributed by atoms with Crippen LogP contribution in [0.25, 0.3) is 0 Å². The van der Waals surface area contributed by atoms with Crippen LogP contribution in [0.1, 0.15) is 13.3 Å². The van der Waals surface area contributed by atoms with Gasteiger partial charge < -0.3 is 10.0 Å². The predicted molar refractivity (Wildman–Crippen MR) is 55.7 cm³/mol. The van der Waals surface area contributed by atoms with Crippen molar-refractivity contribution in [2.24, 2.45) is 5.92 Å². The second-order valence-corrected chi connectivity index (χ2v) is 4.07. The van der Waals surface area contributed by atoms with Crippen LogP contribution in [0.15, 0.2) is 0 Å². The molecule has 0 aromatic heterocycles. The van der Waals surface area contributed by atoms with Gasteiger partial charge in [-0.2, -0.15) is 12.6 Å². The first-order valence-electron chi connectivity index (χ1n) is 4.77. The SMILES string of the molecule is CC(CS)C(=O)N1CC[C@@H](F)[C@H]1C(=O)O. The van der Waals surface area contributed by atoms with Gasteiger partial charge in [-0.05, 0) is 6.42 Å². The molecular formula is C9H14FNO3S. The Kier molecular flexibility index (Phi) is 3.96. The summed E-state index contributed by atoms with van der Waals surface area (Å²) in [6.07, 6.45) is -1.36. The quantitative estimate of drug-likeness (QED) is 0.703. The molecule has 1 aliphatic heterocycles. The molecule has 3 atom stereocenters. The summed E-state index contributed by atoms with van der Waals surface area (Å²) in [4.78, 5) is 23.6. The number of alkyl halides is 1. The predicted octanol–water partition coefficient (Wildman–Crippen LogP) is 0.576. The summed E-state index contributed by atoms with van der Waals surface area (Å²) in [5.41, 5.74) is 0. The molecule has 1 amide bonds. The highest BCUT2D eigenvalue weighted by molar-refractivity contribution is 7.80. The summed E-state index contributed by atoms with van der Waals surface area (Å²) < 4.78 is 13.2. The van der Waals surface area contributed by atoms with Gasteiger partial charge >= 0.3 is 5.97 Å². The van der Waals surface area contributed by atoms with E-state index >= 15 is 0 Å². The van der Waals surface area contributed by atoms with Gasteiger partial charge in [0.15, 0.2) is 6.04 Å². The Bertz CT molecular complexity index is 274. The van der Waals surface area contributed by atoms with Crippen molar-refractivity contribution in [1.29, 1.82) is 0 Å². The van der Waals surface area contributed by atoms with E-state index in [1.807, 2.05) is 0 Å². The Balaban J connectivity index is 2.77. The highest BCUT2D eigenvalue weighted by Gasteiger charge is 2.43. The third kappa shape index (κ3) is 2.42. The van der Waals surface area contributed by atoms with Crippen LogP contribution in [0.2, 0.25) is 0 Å². The number of likely N-dealkylation sites (tertiary alicyclic amines) is 1. The van der Waals surface area contributed by atoms with Gasteiger partial charge in [-0.15, -0.1) is 0 Å². The number of carboxylic acids is 1. The van der Waals surface area contributed by atoms with Crippen molar-refractivity contribution in [2.45, 2.75) is 25.6 Å². The fourth-order valence-electron chi connectivity index (χ4n) is 1.65. The Hall–Kier alpha value is -0.780. The molecule has 0 aromatic rings. The van der Waals surface area contributed by atoms with Crippen molar-refractivity contribution in [3.63, 3.8) is 0 Å². The van der Waals surface area contributed by atoms with Crippen molar-refractivity contribution >= 4 is 24.5 Å². The van der Waals surface area contributed by atoms with Crippen molar-refractivity contribution in [3.8, 4) is 0 Å². The van der Waals surface area contributed by atoms with E-state index in [1.165, 1.54) is 0 Å². The van der Waals surface area contributed by atoms with Gasteiger partial charge in [-0.1, -0.05) is 6.92 Å². The van der Waals surface area contributed by atoms with E-state index in [2.05, 4.69) is 12.6 Å². The molecule has 15 heavy (non-hydrogen) atoms. The molecule has 1 aliphatic rings. The number of thiol groups is 1. The lowest BCUT2D eigenvalue weighted by Gasteiger charge is -2.24. The van der Waals surface area contributed by atoms with Crippen LogP contribution in [-0.2, 0) is 9.59 Å². The van der Waals surface area contributed by atoms with E-state index in [0.717, 1.165) is 4.90 Å². The minimum Gasteiger partial charge on any atom is -0.480 e. The number of carbonyl (C=O) groups is 2. The lowest BCUT2D eigenvalue weighted by atomic mass is 10.1. The Morgan fingerprint density at radius 3 is 2.73 bits per heavy atom. The second-order valence-electron chi connectivity index (χ2n) is 3.70. The van der Waals surface area contributed by atoms with Gasteiger partial charge in [0.2, 0.25) is 5.91 Å². The highest BCUT2D eigenvalue weighted by atomic mass is 32.1. The number of nitrogens with zero attached hydrogens (tertiary/aromatic N) is 1. The molecule has 0 saturated carbocycles. The molecule has 1 saturated heterocycles. The zero-order valence-electron chi connectivity index (χ0n) is 8.39. The Morgan fingerprint density at radius 2 is 2.27 bits per heavy atom. The molecule has 0 aliphatic carbocycles. The summed E-state index contributed by atoms with van der Waals surface area (Å²) in [5.74, 6) is -1.66. The average molecular weight is 235 g/mol. The number of halogens is 1. The van der Waals surface area contributed by atoms with E-state index in [9.17, 15) is 14.0 Å². The van der Waals surface area contributed by atoms with Crippen LogP contribution in [-0.4, -0.2) is 46.4 Å². The fourth-order valence-corrected chi connectivity index (χ4v) is 1.81. The van der Waals surface area contributed by atoms with Gasteiger partial charge in [0.1, 0.15) is 6.17 Å². The second kappa shape index (κ2) is 4.83. The maximum absolute atomic E-state index is 13.2. The molecule has 1 N–H and O–H groups in total. The van der Waals surface area contributed by atoms with E-state index in [0.29, 0.717) is 5.75 Å². The van der Waals surface area contributed by atoms with Gasteiger partial charge in [0.05, 0.1) is 0 Å². The molecule has 4 nitrogen and oxygen atoms in total. The lowest BCUT2D eigenvalue weighted by molar-refractivity contribution is -0.151. The molecule has 0 aromatic carbocycles. The third-order valence-corrected chi connectivity index (χ3v) is 3.10. The number of hydrogen-bond donors (Lipinski definition) is 2. The van der Waals surface area contributed by atoms with Gasteiger partial charge in [0.25, 0.3) is 0 Å². The molecule has 0 radical (unpaired) electrons. The van der Waals surface area contributed by atoms with Crippen LogP contribution < -0.4 is 0 Å². The minimum atomic E-state index is -1.46. The third-order valence-electron chi connectivity index (χ3n) is 2.56. The van der Waals surface area contributed by atoms with Crippen LogP contribution in [0, 0.1) is 5.92 Å². The van der Waals surface area contributed by atoms with Gasteiger partial charge in [0, 0.05) is 18.2 Å². The van der Waals surface area contributed by atoms with Crippen molar-refractivity contribution < 1.29 is 19.1 Å². The number of carbonyl (C=O) groups excluding carboxylic acids is 1. The lowest BCUT2D eigenvalue weighted by Crippen LogP contribution is -2.46. The largest absolute Gasteiger partial charge is 0.480 e. The maximum atomic E-state index is 13.2. The average Bonchev–Trinajstić information content (AvgIpc) is 2.57. The Labute approximate surface area is 92.9 Å². The zero-order valence-corrected chi connectivity index (χ0v) is 9.28. The van der Waals surface area contributed by atoms with E-state index in [-0.39, 0.29) is 24.8 Å². The molecular weight excluding hydrogens is 221 g/mol. The molecule has 0 bridgehead atoms. The summed E-state index contributed by atoms with van der Waals surface area (Å²) in [6.45, 7) is 1.83. The van der Waals surface area contributed by atoms with Crippen LogP contribution >= 0.6 is 12.6 Å². The van der Waals surface area contributed by atoms with Crippen LogP contribution in [0.5, 0.6) is 0 Å². The number of hydrogen-bond acceptors (Lipinski definition) is 3. The van der Waals surface area contributed by atoms with Gasteiger partial charge in [-0.3, -0.25) is 4.79 Å². The van der Waals surface area contributed by atoms with Crippen LogP contribution in [0.3, 0.4) is 0 Å². The summed E-state index contributed by atoms with van der Waals surface area (Å²) in [5, 5.41) is 8.80. The summed E-state index contributed by atoms with van der Waals surface area (Å²) >= 11 is 3.96. The smallest absolute Gasteiger partial charge is 0.329 e. The van der Waals surface area contributed by atoms with Crippen LogP contribution in [0.4, 0.5) is 4.39 Å². The Morgan fingerprint density at radius 1 is 1.67 bits per heavy atom. The monoisotopic (exact) mass is 235 g/mol. The van der Waals surface area contributed by atoms with E-state index in [1.54, 1.807) is 6.92 Å². The minimum absolute atomic E-state index is 0.0992. The normalized spacial score (nSPS) is 27.8. The standard InChI is InChI=1S/C9H14FNO3S/c1-5(4-15)8(12)11-3-2-6(10)7(11)9(13)14/h5-7,15H,2-4H2,1H3,(H,13,14)/t5?,6-,7+/m1/s1. The van der Waals surface area contributed by atoms with E-state index < -0.39 is 18.2 Å². The first-order valence-corrected chi connectivity index (χ1v) is 5.40. The number of carboxylic acid groups (broad SMARTS) is 1. The molecule has 6 heteroatoms. The van der Waals surface area contributed by atoms with E-state index in [4.69, 9.17) is 5.11 Å². The molecule has 1 unspecified atom stereocenters. The highest BCUT2D eigenvalue weighted by Crippen LogP contribution is 2.23. The molecule has 86 valence electrons. The van der Waals surface area contributed by atoms with Crippen molar-refractivity contribution in [2.75, 3.05) is 12.3 Å². The summed E-state index contributed by atoms with van der Waals surface area (Å²) in [6, 6.07) is -1.32. The topological polar surface area (TPSA) is 57.6 Å². The molecule has 1 rings (SSSR count). The zero-order chi connectivity index (χ0) is 11.6. The number of aliphatic carboxylic acids is 1. The first kappa shape index (κ1) is 12.3. The van der Waals surface area contributed by atoms with Crippen molar-refractivity contribution in [1.82, 2.24) is 4.90 Å². The van der Waals surface area contributed by atoms with Crippen molar-refractivity contribution in [3.05, 3.63) is 0 Å². The maximum Gasteiger partial charge on any atom is 0.329 e. The molecule has 1 fully saturated rings. The molecule has 0 spiro atoms. The number of amides is 1. The number of rotatable bonds is 3. The van der Waals surface area contributed by atoms with Gasteiger partial charge in [-0.25, -0.2) is 9.18 Å². The first-order chi connectivity index (χ1) is 6.99. The fraction of sp³-hybridized carbons (Fsp3) is 0.778. The summed E-state index contributed by atoms with van der Waals surface area (Å²) in [7, 11) is 0. The molecule has 1 heterocycles.